The molecule has 0 unspecified atom stereocenters. The summed E-state index contributed by atoms with van der Waals surface area (Å²) in [6.07, 6.45) is 0. The molecular weight excluding hydrogens is 310 g/mol. The number of hydrogen-bond acceptors (Lipinski definition) is 6. The Morgan fingerprint density at radius 1 is 1.19 bits per heavy atom. The highest BCUT2D eigenvalue weighted by molar-refractivity contribution is 7.99. The van der Waals surface area contributed by atoms with Crippen LogP contribution in [0.2, 0.25) is 5.28 Å². The van der Waals surface area contributed by atoms with Crippen LogP contribution in [0.4, 0.5) is 11.6 Å². The van der Waals surface area contributed by atoms with Crippen LogP contribution in [0.15, 0.2) is 34.3 Å². The minimum atomic E-state index is -0.102. The largest absolute Gasteiger partial charge is 0.347 e. The van der Waals surface area contributed by atoms with Crippen LogP contribution in [-0.2, 0) is 4.79 Å². The van der Waals surface area contributed by atoms with Crippen molar-refractivity contribution < 1.29 is 4.79 Å². The van der Waals surface area contributed by atoms with Crippen molar-refractivity contribution >= 4 is 40.9 Å². The van der Waals surface area contributed by atoms with Gasteiger partial charge in [0.2, 0.25) is 17.1 Å². The summed E-state index contributed by atoms with van der Waals surface area (Å²) in [4.78, 5) is 26.1. The number of nitrogens with zero attached hydrogens (tertiary/aromatic N) is 4. The van der Waals surface area contributed by atoms with E-state index < -0.39 is 0 Å². The number of hydrogen-bond donors (Lipinski definition) is 1. The molecule has 1 aromatic heterocycles. The minimum absolute atomic E-state index is 0.102. The molecule has 0 bridgehead atoms. The van der Waals surface area contributed by atoms with Crippen molar-refractivity contribution in [2.75, 3.05) is 24.3 Å². The molecule has 0 aliphatic rings. The first kappa shape index (κ1) is 15.5. The first-order valence-electron chi connectivity index (χ1n) is 6.08. The van der Waals surface area contributed by atoms with Crippen LogP contribution in [0.25, 0.3) is 0 Å². The van der Waals surface area contributed by atoms with E-state index >= 15 is 0 Å². The van der Waals surface area contributed by atoms with Gasteiger partial charge in [-0.3, -0.25) is 4.79 Å². The summed E-state index contributed by atoms with van der Waals surface area (Å²) in [7, 11) is 3.67. The lowest BCUT2D eigenvalue weighted by atomic mass is 10.3. The van der Waals surface area contributed by atoms with Gasteiger partial charge in [0.1, 0.15) is 0 Å². The van der Waals surface area contributed by atoms with Crippen molar-refractivity contribution in [1.29, 1.82) is 0 Å². The number of carbonyl (C=O) groups excluding carboxylic acids is 1. The van der Waals surface area contributed by atoms with E-state index in [4.69, 9.17) is 11.6 Å². The van der Waals surface area contributed by atoms with Gasteiger partial charge in [0.25, 0.3) is 0 Å². The van der Waals surface area contributed by atoms with Gasteiger partial charge in [-0.05, 0) is 47.6 Å². The zero-order chi connectivity index (χ0) is 15.4. The van der Waals surface area contributed by atoms with Crippen molar-refractivity contribution in [2.24, 2.45) is 0 Å². The SMILES string of the molecule is CC(=O)Nc1ccc(Sc2nc(Cl)nc(N(C)C)n2)cc1. The molecule has 6 nitrogen and oxygen atoms in total. The van der Waals surface area contributed by atoms with E-state index in [0.29, 0.717) is 11.1 Å². The molecule has 2 rings (SSSR count). The molecule has 0 fully saturated rings. The third kappa shape index (κ3) is 4.57. The molecule has 1 N–H and O–H groups in total. The molecule has 1 heterocycles. The Bertz CT molecular complexity index is 648. The molecule has 1 amide bonds. The summed E-state index contributed by atoms with van der Waals surface area (Å²) in [6, 6.07) is 7.39. The average molecular weight is 324 g/mol. The number of anilines is 2. The summed E-state index contributed by atoms with van der Waals surface area (Å²) in [5.74, 6) is 0.405. The molecule has 0 atom stereocenters. The monoisotopic (exact) mass is 323 g/mol. The van der Waals surface area contributed by atoms with Crippen molar-refractivity contribution in [1.82, 2.24) is 15.0 Å². The fraction of sp³-hybridized carbons (Fsp3) is 0.231. The first-order chi connectivity index (χ1) is 9.94. The quantitative estimate of drug-likeness (QED) is 0.932. The molecule has 0 radical (unpaired) electrons. The third-order valence-electron chi connectivity index (χ3n) is 2.36. The highest BCUT2D eigenvalue weighted by Crippen LogP contribution is 2.27. The molecule has 0 aliphatic heterocycles. The van der Waals surface area contributed by atoms with Gasteiger partial charge in [0.15, 0.2) is 5.16 Å². The molecule has 110 valence electrons. The number of benzene rings is 1. The summed E-state index contributed by atoms with van der Waals surface area (Å²) in [5, 5.41) is 3.39. The summed E-state index contributed by atoms with van der Waals surface area (Å²) >= 11 is 7.27. The van der Waals surface area contributed by atoms with Gasteiger partial charge in [0, 0.05) is 31.6 Å². The van der Waals surface area contributed by atoms with Gasteiger partial charge in [-0.25, -0.2) is 0 Å². The number of rotatable bonds is 4. The van der Waals surface area contributed by atoms with Gasteiger partial charge >= 0.3 is 0 Å². The van der Waals surface area contributed by atoms with E-state index in [-0.39, 0.29) is 11.2 Å². The topological polar surface area (TPSA) is 71.0 Å². The van der Waals surface area contributed by atoms with E-state index in [1.807, 2.05) is 38.4 Å². The molecule has 1 aromatic carbocycles. The fourth-order valence-corrected chi connectivity index (χ4v) is 2.43. The predicted octanol–water partition coefficient (Wildman–Crippen LogP) is 2.70. The highest BCUT2D eigenvalue weighted by atomic mass is 35.5. The predicted molar refractivity (Wildman–Crippen MR) is 84.0 cm³/mol. The van der Waals surface area contributed by atoms with Gasteiger partial charge in [-0.15, -0.1) is 0 Å². The Labute approximate surface area is 132 Å². The van der Waals surface area contributed by atoms with E-state index in [9.17, 15) is 4.79 Å². The maximum atomic E-state index is 11.0. The molecule has 8 heteroatoms. The van der Waals surface area contributed by atoms with Crippen LogP contribution in [0, 0.1) is 0 Å². The second-order valence-electron chi connectivity index (χ2n) is 4.39. The Morgan fingerprint density at radius 2 is 1.86 bits per heavy atom. The molecule has 21 heavy (non-hydrogen) atoms. The van der Waals surface area contributed by atoms with E-state index in [1.165, 1.54) is 18.7 Å². The number of carbonyl (C=O) groups is 1. The maximum Gasteiger partial charge on any atom is 0.230 e. The zero-order valence-corrected chi connectivity index (χ0v) is 13.4. The summed E-state index contributed by atoms with van der Waals surface area (Å²) in [5.41, 5.74) is 0.745. The Kier molecular flexibility index (Phi) is 4.98. The fourth-order valence-electron chi connectivity index (χ4n) is 1.48. The van der Waals surface area contributed by atoms with Crippen LogP contribution in [0.1, 0.15) is 6.92 Å². The number of aromatic nitrogens is 3. The highest BCUT2D eigenvalue weighted by Gasteiger charge is 2.08. The average Bonchev–Trinajstić information content (AvgIpc) is 2.39. The Hall–Kier alpha value is -1.86. The summed E-state index contributed by atoms with van der Waals surface area (Å²) in [6.45, 7) is 1.47. The van der Waals surface area contributed by atoms with Gasteiger partial charge in [-0.2, -0.15) is 15.0 Å². The second-order valence-corrected chi connectivity index (χ2v) is 5.77. The third-order valence-corrected chi connectivity index (χ3v) is 3.40. The normalized spacial score (nSPS) is 10.3. The molecule has 0 saturated carbocycles. The van der Waals surface area contributed by atoms with Gasteiger partial charge in [-0.1, -0.05) is 0 Å². The molecule has 2 aromatic rings. The molecular formula is C13H14ClN5OS. The van der Waals surface area contributed by atoms with Crippen molar-refractivity contribution in [3.05, 3.63) is 29.5 Å². The van der Waals surface area contributed by atoms with E-state index in [2.05, 4.69) is 20.3 Å². The Balaban J connectivity index is 2.16. The molecule has 0 saturated heterocycles. The Morgan fingerprint density at radius 3 is 2.43 bits per heavy atom. The summed E-state index contributed by atoms with van der Waals surface area (Å²) < 4.78 is 0. The molecule has 0 spiro atoms. The van der Waals surface area contributed by atoms with Crippen LogP contribution in [0.5, 0.6) is 0 Å². The number of nitrogens with one attached hydrogen (secondary N) is 1. The van der Waals surface area contributed by atoms with Crippen LogP contribution < -0.4 is 10.2 Å². The maximum absolute atomic E-state index is 11.0. The minimum Gasteiger partial charge on any atom is -0.347 e. The van der Waals surface area contributed by atoms with E-state index in [0.717, 1.165) is 10.6 Å². The lowest BCUT2D eigenvalue weighted by Crippen LogP contribution is -2.13. The second kappa shape index (κ2) is 6.73. The first-order valence-corrected chi connectivity index (χ1v) is 7.28. The lowest BCUT2D eigenvalue weighted by Gasteiger charge is -2.10. The zero-order valence-electron chi connectivity index (χ0n) is 11.8. The van der Waals surface area contributed by atoms with Crippen LogP contribution >= 0.6 is 23.4 Å². The van der Waals surface area contributed by atoms with Crippen molar-refractivity contribution in [3.63, 3.8) is 0 Å². The smallest absolute Gasteiger partial charge is 0.230 e. The van der Waals surface area contributed by atoms with Crippen molar-refractivity contribution in [3.8, 4) is 0 Å². The van der Waals surface area contributed by atoms with Gasteiger partial charge in [0.05, 0.1) is 0 Å². The lowest BCUT2D eigenvalue weighted by molar-refractivity contribution is -0.114. The standard InChI is InChI=1S/C13H14ClN5OS/c1-8(20)15-9-4-6-10(7-5-9)21-13-17-11(14)16-12(18-13)19(2)3/h4-7H,1-3H3,(H,15,20). The van der Waals surface area contributed by atoms with Gasteiger partial charge < -0.3 is 10.2 Å². The number of halogens is 1. The van der Waals surface area contributed by atoms with Crippen LogP contribution in [-0.4, -0.2) is 35.0 Å². The molecule has 0 aliphatic carbocycles. The van der Waals surface area contributed by atoms with E-state index in [1.54, 1.807) is 4.90 Å². The van der Waals surface area contributed by atoms with Crippen LogP contribution in [0.3, 0.4) is 0 Å². The number of amides is 1. The van der Waals surface area contributed by atoms with Crippen molar-refractivity contribution in [2.45, 2.75) is 17.0 Å².